The Morgan fingerprint density at radius 2 is 2.00 bits per heavy atom. The number of amides is 2. The first-order chi connectivity index (χ1) is 14.1. The van der Waals surface area contributed by atoms with Crippen molar-refractivity contribution >= 4 is 12.0 Å². The number of nitrogens with zero attached hydrogens (tertiary/aromatic N) is 4. The Morgan fingerprint density at radius 3 is 2.70 bits per heavy atom. The number of aryl methyl sites for hydroxylation is 1. The molecule has 1 fully saturated rings. The van der Waals surface area contributed by atoms with Gasteiger partial charge < -0.3 is 14.5 Å². The summed E-state index contributed by atoms with van der Waals surface area (Å²) in [6.45, 7) is 9.40. The molecule has 1 aromatic heterocycles. The van der Waals surface area contributed by atoms with Crippen LogP contribution in [0.5, 0.6) is 0 Å². The number of carbonyl (C=O) groups is 2. The molecule has 0 unspecified atom stereocenters. The molecule has 2 heterocycles. The molecule has 1 aliphatic rings. The van der Waals surface area contributed by atoms with Gasteiger partial charge in [-0.25, -0.2) is 4.79 Å². The quantitative estimate of drug-likeness (QED) is 0.760. The van der Waals surface area contributed by atoms with Gasteiger partial charge in [-0.05, 0) is 51.7 Å². The van der Waals surface area contributed by atoms with Crippen molar-refractivity contribution in [1.82, 2.24) is 19.6 Å². The van der Waals surface area contributed by atoms with Crippen LogP contribution in [0, 0.1) is 6.92 Å². The molecule has 7 nitrogen and oxygen atoms in total. The van der Waals surface area contributed by atoms with Crippen LogP contribution in [0.25, 0.3) is 0 Å². The van der Waals surface area contributed by atoms with E-state index in [0.29, 0.717) is 25.2 Å². The summed E-state index contributed by atoms with van der Waals surface area (Å²) in [6.07, 6.45) is 4.89. The van der Waals surface area contributed by atoms with E-state index >= 15 is 0 Å². The molecule has 2 aromatic rings. The van der Waals surface area contributed by atoms with E-state index in [1.807, 2.05) is 56.6 Å². The summed E-state index contributed by atoms with van der Waals surface area (Å²) >= 11 is 0. The number of piperidine rings is 1. The summed E-state index contributed by atoms with van der Waals surface area (Å²) in [4.78, 5) is 28.7. The van der Waals surface area contributed by atoms with Gasteiger partial charge >= 0.3 is 6.09 Å². The van der Waals surface area contributed by atoms with Gasteiger partial charge in [-0.1, -0.05) is 24.3 Å². The number of hydrogen-bond acceptors (Lipinski definition) is 4. The highest BCUT2D eigenvalue weighted by atomic mass is 16.6. The molecule has 1 atom stereocenters. The summed E-state index contributed by atoms with van der Waals surface area (Å²) < 4.78 is 7.31. The lowest BCUT2D eigenvalue weighted by Gasteiger charge is -2.34. The summed E-state index contributed by atoms with van der Waals surface area (Å²) in [5.74, 6) is -0.0655. The maximum Gasteiger partial charge on any atom is 0.410 e. The van der Waals surface area contributed by atoms with Crippen molar-refractivity contribution in [3.05, 3.63) is 53.3 Å². The van der Waals surface area contributed by atoms with E-state index in [9.17, 15) is 9.59 Å². The first-order valence-electron chi connectivity index (χ1n) is 10.5. The van der Waals surface area contributed by atoms with Crippen molar-refractivity contribution in [2.75, 3.05) is 20.1 Å². The molecule has 0 bridgehead atoms. The third-order valence-corrected chi connectivity index (χ3v) is 5.29. The molecule has 0 spiro atoms. The molecular weight excluding hydrogens is 380 g/mol. The number of hydrogen-bond donors (Lipinski definition) is 0. The van der Waals surface area contributed by atoms with Crippen LogP contribution in [-0.2, 0) is 11.3 Å². The number of carbonyl (C=O) groups excluding carboxylic acids is 2. The van der Waals surface area contributed by atoms with Crippen molar-refractivity contribution in [3.63, 3.8) is 0 Å². The molecule has 0 saturated carbocycles. The van der Waals surface area contributed by atoms with Gasteiger partial charge in [0.1, 0.15) is 5.60 Å². The Balaban J connectivity index is 1.64. The summed E-state index contributed by atoms with van der Waals surface area (Å²) in [6, 6.07) is 8.10. The van der Waals surface area contributed by atoms with Gasteiger partial charge in [0.25, 0.3) is 5.91 Å². The van der Waals surface area contributed by atoms with Crippen LogP contribution < -0.4 is 0 Å². The van der Waals surface area contributed by atoms with Crippen LogP contribution in [0.3, 0.4) is 0 Å². The van der Waals surface area contributed by atoms with E-state index in [4.69, 9.17) is 4.74 Å². The minimum atomic E-state index is -0.517. The highest BCUT2D eigenvalue weighted by molar-refractivity contribution is 5.93. The standard InChI is InChI=1S/C23H32N4O3/c1-17-9-6-7-10-18(17)14-25(5)21(28)19-13-24-27(15-19)20-11-8-12-26(16-20)22(29)30-23(2,3)4/h6-7,9-10,13,15,20H,8,11-12,14,16H2,1-5H3/t20-/m0/s1. The Bertz CT molecular complexity index is 900. The molecule has 30 heavy (non-hydrogen) atoms. The number of likely N-dealkylation sites (tertiary alicyclic amines) is 1. The lowest BCUT2D eigenvalue weighted by molar-refractivity contribution is 0.0167. The first kappa shape index (κ1) is 21.9. The summed E-state index contributed by atoms with van der Waals surface area (Å²) in [5, 5.41) is 4.43. The van der Waals surface area contributed by atoms with Crippen LogP contribution in [0.2, 0.25) is 0 Å². The Morgan fingerprint density at radius 1 is 1.27 bits per heavy atom. The largest absolute Gasteiger partial charge is 0.444 e. The average Bonchev–Trinajstić information content (AvgIpc) is 3.18. The SMILES string of the molecule is Cc1ccccc1CN(C)C(=O)c1cnn([C@H]2CCCN(C(=O)OC(C)(C)C)C2)c1. The maximum absolute atomic E-state index is 12.9. The Labute approximate surface area is 178 Å². The number of ether oxygens (including phenoxy) is 1. The third kappa shape index (κ3) is 5.40. The zero-order valence-electron chi connectivity index (χ0n) is 18.6. The fourth-order valence-electron chi connectivity index (χ4n) is 3.65. The van der Waals surface area contributed by atoms with E-state index in [2.05, 4.69) is 5.10 Å². The molecule has 7 heteroatoms. The van der Waals surface area contributed by atoms with Crippen molar-refractivity contribution < 1.29 is 14.3 Å². The normalized spacial score (nSPS) is 17.0. The lowest BCUT2D eigenvalue weighted by Crippen LogP contribution is -2.43. The monoisotopic (exact) mass is 412 g/mol. The molecular formula is C23H32N4O3. The number of rotatable bonds is 4. The zero-order chi connectivity index (χ0) is 21.9. The van der Waals surface area contributed by atoms with Gasteiger partial charge in [-0.15, -0.1) is 0 Å². The van der Waals surface area contributed by atoms with Crippen LogP contribution in [0.1, 0.15) is 61.1 Å². The zero-order valence-corrected chi connectivity index (χ0v) is 18.6. The predicted octanol–water partition coefficient (Wildman–Crippen LogP) is 4.04. The molecule has 0 N–H and O–H groups in total. The predicted molar refractivity (Wildman–Crippen MR) is 115 cm³/mol. The molecule has 0 aliphatic carbocycles. The van der Waals surface area contributed by atoms with Crippen LogP contribution in [-0.4, -0.2) is 57.3 Å². The maximum atomic E-state index is 12.9. The second kappa shape index (κ2) is 8.90. The van der Waals surface area contributed by atoms with Gasteiger partial charge in [-0.3, -0.25) is 9.48 Å². The summed E-state index contributed by atoms with van der Waals surface area (Å²) in [7, 11) is 1.80. The van der Waals surface area contributed by atoms with Crippen LogP contribution in [0.15, 0.2) is 36.7 Å². The van der Waals surface area contributed by atoms with E-state index < -0.39 is 5.60 Å². The second-order valence-electron chi connectivity index (χ2n) is 9.02. The molecule has 1 aromatic carbocycles. The topological polar surface area (TPSA) is 67.7 Å². The van der Waals surface area contributed by atoms with Gasteiger partial charge in [0.2, 0.25) is 0 Å². The van der Waals surface area contributed by atoms with E-state index in [1.165, 1.54) is 0 Å². The summed E-state index contributed by atoms with van der Waals surface area (Å²) in [5.41, 5.74) is 2.33. The molecule has 162 valence electrons. The van der Waals surface area contributed by atoms with Crippen molar-refractivity contribution in [2.24, 2.45) is 0 Å². The minimum Gasteiger partial charge on any atom is -0.444 e. The van der Waals surface area contributed by atoms with E-state index in [1.54, 1.807) is 29.2 Å². The van der Waals surface area contributed by atoms with Crippen molar-refractivity contribution in [3.8, 4) is 0 Å². The molecule has 3 rings (SSSR count). The Kier molecular flexibility index (Phi) is 6.48. The lowest BCUT2D eigenvalue weighted by atomic mass is 10.1. The highest BCUT2D eigenvalue weighted by Crippen LogP contribution is 2.23. The molecule has 1 saturated heterocycles. The van der Waals surface area contributed by atoms with Crippen molar-refractivity contribution in [1.29, 1.82) is 0 Å². The van der Waals surface area contributed by atoms with Gasteiger partial charge in [-0.2, -0.15) is 5.10 Å². The van der Waals surface area contributed by atoms with Gasteiger partial charge in [0.05, 0.1) is 17.8 Å². The molecule has 2 amide bonds. The van der Waals surface area contributed by atoms with E-state index in [0.717, 1.165) is 24.0 Å². The van der Waals surface area contributed by atoms with Crippen molar-refractivity contribution in [2.45, 2.75) is 58.7 Å². The highest BCUT2D eigenvalue weighted by Gasteiger charge is 2.29. The fraction of sp³-hybridized carbons (Fsp3) is 0.522. The minimum absolute atomic E-state index is 0.0366. The third-order valence-electron chi connectivity index (χ3n) is 5.29. The second-order valence-corrected chi connectivity index (χ2v) is 9.02. The van der Waals surface area contributed by atoms with Crippen LogP contribution in [0.4, 0.5) is 4.79 Å². The average molecular weight is 413 g/mol. The van der Waals surface area contributed by atoms with Gasteiger partial charge in [0.15, 0.2) is 0 Å². The smallest absolute Gasteiger partial charge is 0.410 e. The number of benzene rings is 1. The Hall–Kier alpha value is -2.83. The van der Waals surface area contributed by atoms with Gasteiger partial charge in [0, 0.05) is 32.9 Å². The van der Waals surface area contributed by atoms with E-state index in [-0.39, 0.29) is 18.0 Å². The first-order valence-corrected chi connectivity index (χ1v) is 10.5. The number of aromatic nitrogens is 2. The fourth-order valence-corrected chi connectivity index (χ4v) is 3.65. The molecule has 0 radical (unpaired) electrons. The van der Waals surface area contributed by atoms with Crippen LogP contribution >= 0.6 is 0 Å². The molecule has 1 aliphatic heterocycles.